The summed E-state index contributed by atoms with van der Waals surface area (Å²) in [6.07, 6.45) is 0. The topological polar surface area (TPSA) is 52.6 Å². The van der Waals surface area contributed by atoms with Gasteiger partial charge in [0.2, 0.25) is 0 Å². The molecule has 28 heavy (non-hydrogen) atoms. The fourth-order valence-electron chi connectivity index (χ4n) is 2.91. The predicted molar refractivity (Wildman–Crippen MR) is 103 cm³/mol. The zero-order chi connectivity index (χ0) is 20.7. The highest BCUT2D eigenvalue weighted by Gasteiger charge is 2.32. The van der Waals surface area contributed by atoms with Crippen LogP contribution in [0.2, 0.25) is 5.02 Å². The molecule has 0 atom stereocenters. The smallest absolute Gasteiger partial charge is 0.379 e. The molecular weight excluding hydrogens is 393 g/mol. The Morgan fingerprint density at radius 1 is 1.21 bits per heavy atom. The Kier molecular flexibility index (Phi) is 8.14. The van der Waals surface area contributed by atoms with Gasteiger partial charge in [-0.1, -0.05) is 35.9 Å². The molecule has 0 aliphatic carbocycles. The van der Waals surface area contributed by atoms with Crippen LogP contribution < -0.4 is 5.32 Å². The van der Waals surface area contributed by atoms with E-state index in [0.29, 0.717) is 13.1 Å². The van der Waals surface area contributed by atoms with E-state index in [1.54, 1.807) is 0 Å². The molecule has 3 rings (SSSR count). The normalized spacial score (nSPS) is 14.2. The van der Waals surface area contributed by atoms with Crippen LogP contribution >= 0.6 is 11.6 Å². The lowest BCUT2D eigenvalue weighted by atomic mass is 9.99. The van der Waals surface area contributed by atoms with Gasteiger partial charge in [-0.05, 0) is 41.8 Å². The third-order valence-electron chi connectivity index (χ3n) is 4.36. The van der Waals surface area contributed by atoms with Crippen LogP contribution in [0.25, 0.3) is 0 Å². The molecule has 1 aliphatic heterocycles. The van der Waals surface area contributed by atoms with Gasteiger partial charge >= 0.3 is 12.6 Å². The van der Waals surface area contributed by atoms with Crippen LogP contribution in [-0.4, -0.2) is 35.7 Å². The van der Waals surface area contributed by atoms with E-state index in [1.165, 1.54) is 11.1 Å². The van der Waals surface area contributed by atoms with Crippen molar-refractivity contribution in [1.82, 2.24) is 4.90 Å². The SMILES string of the molecule is Cc1cc(CNc2cccc(CN3CC(C(=O)O)C3)c2)ccc1Cl.FC(F)F. The van der Waals surface area contributed by atoms with Crippen molar-refractivity contribution in [3.8, 4) is 0 Å². The second kappa shape index (κ2) is 10.3. The summed E-state index contributed by atoms with van der Waals surface area (Å²) in [6, 6.07) is 14.3. The molecule has 0 amide bonds. The molecule has 0 saturated carbocycles. The molecule has 8 heteroatoms. The number of halogens is 4. The number of aliphatic carboxylic acids is 1. The zero-order valence-electron chi connectivity index (χ0n) is 15.3. The van der Waals surface area contributed by atoms with Gasteiger partial charge in [-0.3, -0.25) is 9.69 Å². The van der Waals surface area contributed by atoms with Crippen molar-refractivity contribution in [3.63, 3.8) is 0 Å². The average molecular weight is 415 g/mol. The number of rotatable bonds is 6. The lowest BCUT2D eigenvalue weighted by Crippen LogP contribution is -2.49. The minimum atomic E-state index is -3.67. The van der Waals surface area contributed by atoms with Crippen molar-refractivity contribution in [1.29, 1.82) is 0 Å². The summed E-state index contributed by atoms with van der Waals surface area (Å²) >= 11 is 6.05. The molecule has 1 heterocycles. The summed E-state index contributed by atoms with van der Waals surface area (Å²) in [5, 5.41) is 13.1. The first-order chi connectivity index (χ1) is 13.2. The number of likely N-dealkylation sites (tertiary alicyclic amines) is 1. The number of anilines is 1. The highest BCUT2D eigenvalue weighted by Crippen LogP contribution is 2.21. The lowest BCUT2D eigenvalue weighted by Gasteiger charge is -2.36. The van der Waals surface area contributed by atoms with Gasteiger partial charge in [0.05, 0.1) is 5.92 Å². The molecule has 2 aromatic rings. The Morgan fingerprint density at radius 2 is 1.89 bits per heavy atom. The number of nitrogens with one attached hydrogen (secondary N) is 1. The van der Waals surface area contributed by atoms with Crippen LogP contribution in [0.1, 0.15) is 16.7 Å². The third-order valence-corrected chi connectivity index (χ3v) is 4.78. The third kappa shape index (κ3) is 7.05. The summed E-state index contributed by atoms with van der Waals surface area (Å²) in [7, 11) is 0. The van der Waals surface area contributed by atoms with Gasteiger partial charge in [-0.15, -0.1) is 0 Å². The molecule has 0 spiro atoms. The minimum Gasteiger partial charge on any atom is -0.481 e. The van der Waals surface area contributed by atoms with Crippen LogP contribution in [-0.2, 0) is 17.9 Å². The molecule has 2 N–H and O–H groups in total. The van der Waals surface area contributed by atoms with E-state index in [0.717, 1.165) is 29.4 Å². The highest BCUT2D eigenvalue weighted by atomic mass is 35.5. The minimum absolute atomic E-state index is 0.209. The predicted octanol–water partition coefficient (Wildman–Crippen LogP) is 4.96. The van der Waals surface area contributed by atoms with Crippen molar-refractivity contribution in [2.24, 2.45) is 5.92 Å². The quantitative estimate of drug-likeness (QED) is 0.701. The number of benzene rings is 2. The van der Waals surface area contributed by atoms with Gasteiger partial charge in [-0.25, -0.2) is 0 Å². The Balaban J connectivity index is 0.000000640. The van der Waals surface area contributed by atoms with Gasteiger partial charge in [-0.2, -0.15) is 13.2 Å². The summed E-state index contributed by atoms with van der Waals surface area (Å²) in [5.74, 6) is -0.903. The lowest BCUT2D eigenvalue weighted by molar-refractivity contribution is -0.147. The molecule has 1 aliphatic rings. The van der Waals surface area contributed by atoms with Crippen molar-refractivity contribution >= 4 is 23.3 Å². The highest BCUT2D eigenvalue weighted by molar-refractivity contribution is 6.31. The van der Waals surface area contributed by atoms with E-state index in [2.05, 4.69) is 28.4 Å². The Hall–Kier alpha value is -2.25. The molecule has 4 nitrogen and oxygen atoms in total. The van der Waals surface area contributed by atoms with Gasteiger partial charge in [0.15, 0.2) is 0 Å². The molecule has 1 fully saturated rings. The molecular formula is C20H22ClF3N2O2. The number of carboxylic acids is 1. The number of nitrogens with zero attached hydrogens (tertiary/aromatic N) is 1. The van der Waals surface area contributed by atoms with Crippen molar-refractivity contribution in [2.75, 3.05) is 18.4 Å². The van der Waals surface area contributed by atoms with Crippen LogP contribution in [0.3, 0.4) is 0 Å². The van der Waals surface area contributed by atoms with Crippen molar-refractivity contribution in [3.05, 3.63) is 64.2 Å². The second-order valence-electron chi connectivity index (χ2n) is 6.61. The Bertz CT molecular complexity index is 796. The maximum atomic E-state index is 10.9. The van der Waals surface area contributed by atoms with Gasteiger partial charge in [0, 0.05) is 36.9 Å². The molecule has 1 saturated heterocycles. The number of hydrogen-bond acceptors (Lipinski definition) is 3. The van der Waals surface area contributed by atoms with Gasteiger partial charge in [0.1, 0.15) is 0 Å². The first-order valence-electron chi connectivity index (χ1n) is 8.70. The average Bonchev–Trinajstić information content (AvgIpc) is 2.58. The molecule has 0 unspecified atom stereocenters. The van der Waals surface area contributed by atoms with E-state index < -0.39 is 12.6 Å². The van der Waals surface area contributed by atoms with E-state index in [4.69, 9.17) is 16.7 Å². The van der Waals surface area contributed by atoms with Gasteiger partial charge in [0.25, 0.3) is 0 Å². The van der Waals surface area contributed by atoms with Gasteiger partial charge < -0.3 is 10.4 Å². The summed E-state index contributed by atoms with van der Waals surface area (Å²) in [6.45, 7) is 1.14. The maximum absolute atomic E-state index is 10.9. The number of carbonyl (C=O) groups is 1. The fourth-order valence-corrected chi connectivity index (χ4v) is 3.03. The number of alkyl halides is 3. The van der Waals surface area contributed by atoms with Crippen molar-refractivity contribution in [2.45, 2.75) is 26.7 Å². The molecule has 0 radical (unpaired) electrons. The van der Waals surface area contributed by atoms with E-state index in [-0.39, 0.29) is 5.92 Å². The first-order valence-corrected chi connectivity index (χ1v) is 9.07. The van der Waals surface area contributed by atoms with Crippen molar-refractivity contribution < 1.29 is 23.1 Å². The van der Waals surface area contributed by atoms with Crippen LogP contribution in [0.5, 0.6) is 0 Å². The first kappa shape index (κ1) is 22.0. The molecule has 152 valence electrons. The van der Waals surface area contributed by atoms with Crippen LogP contribution in [0, 0.1) is 12.8 Å². The van der Waals surface area contributed by atoms with E-state index >= 15 is 0 Å². The monoisotopic (exact) mass is 414 g/mol. The largest absolute Gasteiger partial charge is 0.481 e. The fraction of sp³-hybridized carbons (Fsp3) is 0.350. The zero-order valence-corrected chi connectivity index (χ0v) is 16.1. The van der Waals surface area contributed by atoms with E-state index in [1.807, 2.05) is 31.2 Å². The maximum Gasteiger partial charge on any atom is 0.379 e. The Morgan fingerprint density at radius 3 is 2.50 bits per heavy atom. The number of carboxylic acid groups (broad SMARTS) is 1. The number of hydrogen-bond donors (Lipinski definition) is 2. The molecule has 0 bridgehead atoms. The summed E-state index contributed by atoms with van der Waals surface area (Å²) in [4.78, 5) is 13.0. The van der Waals surface area contributed by atoms with Crippen LogP contribution in [0.15, 0.2) is 42.5 Å². The second-order valence-corrected chi connectivity index (χ2v) is 7.02. The standard InChI is InChI=1S/C19H21ClN2O2.CHF3/c1-13-7-14(5-6-18(13)20)9-21-17-4-2-3-15(8-17)10-22-11-16(12-22)19(23)24;2-1(3)4/h2-8,16,21H,9-12H2,1H3,(H,23,24);1H. The Labute approximate surface area is 166 Å². The molecule has 0 aromatic heterocycles. The summed E-state index contributed by atoms with van der Waals surface area (Å²) < 4.78 is 29.0. The summed E-state index contributed by atoms with van der Waals surface area (Å²) in [5.41, 5.74) is 4.52. The molecule has 2 aromatic carbocycles. The van der Waals surface area contributed by atoms with Crippen LogP contribution in [0.4, 0.5) is 18.9 Å². The van der Waals surface area contributed by atoms with E-state index in [9.17, 15) is 18.0 Å². The number of aryl methyl sites for hydroxylation is 1.